The third-order valence-corrected chi connectivity index (χ3v) is 4.78. The summed E-state index contributed by atoms with van der Waals surface area (Å²) < 4.78 is 0. The Morgan fingerprint density at radius 3 is 2.73 bits per heavy atom. The third kappa shape index (κ3) is 4.02. The Hall–Kier alpha value is -2.06. The number of aromatic nitrogens is 3. The first-order valence-corrected chi connectivity index (χ1v) is 8.73. The standard InChI is InChI=1S/C18H21ClN4O3/c1-10-21-17(19)13(5-4-11-3-2-6-20-8-11)18(22-10)23-14-7-12(9-24)15(25)16(14)26/h2-6,8,12,14-16,24-26H,7,9H2,1H3,(H,21,22,23)/b5-4+/t12-,14-,15-,16+/m1/s1. The lowest BCUT2D eigenvalue weighted by Crippen LogP contribution is -2.35. The summed E-state index contributed by atoms with van der Waals surface area (Å²) in [5.74, 6) is 0.579. The van der Waals surface area contributed by atoms with E-state index < -0.39 is 18.2 Å². The zero-order valence-corrected chi connectivity index (χ0v) is 15.0. The number of aryl methyl sites for hydroxylation is 1. The van der Waals surface area contributed by atoms with E-state index in [4.69, 9.17) is 11.6 Å². The minimum absolute atomic E-state index is 0.187. The smallest absolute Gasteiger partial charge is 0.142 e. The number of nitrogens with one attached hydrogen (secondary N) is 1. The van der Waals surface area contributed by atoms with Gasteiger partial charge in [0.05, 0.1) is 17.7 Å². The fraction of sp³-hybridized carbons (Fsp3) is 0.389. The first-order chi connectivity index (χ1) is 12.5. The second kappa shape index (κ2) is 8.09. The van der Waals surface area contributed by atoms with Gasteiger partial charge in [0.25, 0.3) is 0 Å². The van der Waals surface area contributed by atoms with E-state index in [-0.39, 0.29) is 17.7 Å². The first-order valence-electron chi connectivity index (χ1n) is 8.35. The number of aliphatic hydroxyl groups is 3. The molecule has 4 atom stereocenters. The highest BCUT2D eigenvalue weighted by Gasteiger charge is 2.41. The van der Waals surface area contributed by atoms with Gasteiger partial charge in [-0.2, -0.15) is 0 Å². The Bertz CT molecular complexity index is 788. The fourth-order valence-electron chi connectivity index (χ4n) is 3.08. The zero-order valence-electron chi connectivity index (χ0n) is 14.2. The average Bonchev–Trinajstić information content (AvgIpc) is 2.89. The highest BCUT2D eigenvalue weighted by molar-refractivity contribution is 6.31. The van der Waals surface area contributed by atoms with Gasteiger partial charge in [-0.15, -0.1) is 0 Å². The molecule has 138 valence electrons. The van der Waals surface area contributed by atoms with Crippen LogP contribution in [0.2, 0.25) is 5.15 Å². The zero-order chi connectivity index (χ0) is 18.7. The van der Waals surface area contributed by atoms with Gasteiger partial charge in [0.1, 0.15) is 22.9 Å². The van der Waals surface area contributed by atoms with Crippen LogP contribution in [0.4, 0.5) is 5.82 Å². The fourth-order valence-corrected chi connectivity index (χ4v) is 3.36. The molecule has 0 unspecified atom stereocenters. The van der Waals surface area contributed by atoms with Crippen LogP contribution in [0.25, 0.3) is 12.2 Å². The van der Waals surface area contributed by atoms with Gasteiger partial charge >= 0.3 is 0 Å². The van der Waals surface area contributed by atoms with Crippen molar-refractivity contribution >= 4 is 29.6 Å². The Morgan fingerprint density at radius 2 is 2.08 bits per heavy atom. The van der Waals surface area contributed by atoms with Crippen molar-refractivity contribution < 1.29 is 15.3 Å². The molecule has 0 bridgehead atoms. The molecule has 3 rings (SSSR count). The molecule has 0 spiro atoms. The minimum atomic E-state index is -1.00. The van der Waals surface area contributed by atoms with Gasteiger partial charge in [-0.3, -0.25) is 4.98 Å². The normalized spacial score (nSPS) is 25.7. The van der Waals surface area contributed by atoms with Gasteiger partial charge in [0, 0.05) is 24.9 Å². The molecular weight excluding hydrogens is 356 g/mol. The van der Waals surface area contributed by atoms with Crippen LogP contribution < -0.4 is 5.32 Å². The summed E-state index contributed by atoms with van der Waals surface area (Å²) in [6.07, 6.45) is 5.47. The topological polar surface area (TPSA) is 111 Å². The molecule has 0 aliphatic heterocycles. The lowest BCUT2D eigenvalue weighted by molar-refractivity contribution is 0.00445. The SMILES string of the molecule is Cc1nc(Cl)c(/C=C/c2cccnc2)c(N[C@@H]2C[C@H](CO)[C@@H](O)[C@H]2O)n1. The number of pyridine rings is 1. The molecule has 0 aromatic carbocycles. The molecule has 1 aliphatic carbocycles. The van der Waals surface area contributed by atoms with E-state index in [9.17, 15) is 15.3 Å². The molecule has 2 aromatic rings. The summed E-state index contributed by atoms with van der Waals surface area (Å²) in [6.45, 7) is 1.54. The average molecular weight is 377 g/mol. The van der Waals surface area contributed by atoms with Gasteiger partial charge in [0.15, 0.2) is 0 Å². The van der Waals surface area contributed by atoms with Gasteiger partial charge in [-0.25, -0.2) is 9.97 Å². The van der Waals surface area contributed by atoms with Gasteiger partial charge in [-0.05, 0) is 31.1 Å². The van der Waals surface area contributed by atoms with Crippen molar-refractivity contribution in [3.8, 4) is 0 Å². The van der Waals surface area contributed by atoms with Crippen molar-refractivity contribution in [3.63, 3.8) is 0 Å². The maximum absolute atomic E-state index is 10.2. The van der Waals surface area contributed by atoms with Crippen LogP contribution in [0.1, 0.15) is 23.4 Å². The van der Waals surface area contributed by atoms with Crippen LogP contribution in [-0.4, -0.2) is 55.1 Å². The summed E-state index contributed by atoms with van der Waals surface area (Å²) in [5.41, 5.74) is 1.47. The molecule has 2 heterocycles. The summed E-state index contributed by atoms with van der Waals surface area (Å²) in [5, 5.41) is 33.0. The van der Waals surface area contributed by atoms with E-state index in [1.165, 1.54) is 0 Å². The molecule has 2 aromatic heterocycles. The van der Waals surface area contributed by atoms with Gasteiger partial charge in [-0.1, -0.05) is 23.7 Å². The van der Waals surface area contributed by atoms with Crippen LogP contribution in [0.15, 0.2) is 24.5 Å². The van der Waals surface area contributed by atoms with Crippen molar-refractivity contribution in [1.29, 1.82) is 0 Å². The van der Waals surface area contributed by atoms with Crippen molar-refractivity contribution in [2.75, 3.05) is 11.9 Å². The number of nitrogens with zero attached hydrogens (tertiary/aromatic N) is 3. The Kier molecular flexibility index (Phi) is 5.83. The summed E-state index contributed by atoms with van der Waals surface area (Å²) in [4.78, 5) is 12.6. The van der Waals surface area contributed by atoms with Gasteiger partial charge < -0.3 is 20.6 Å². The molecule has 1 fully saturated rings. The monoisotopic (exact) mass is 376 g/mol. The van der Waals surface area contributed by atoms with Gasteiger partial charge in [0.2, 0.25) is 0 Å². The van der Waals surface area contributed by atoms with Crippen LogP contribution >= 0.6 is 11.6 Å². The first kappa shape index (κ1) is 18.7. The van der Waals surface area contributed by atoms with Crippen LogP contribution in [0.5, 0.6) is 0 Å². The number of hydrogen-bond donors (Lipinski definition) is 4. The van der Waals surface area contributed by atoms with E-state index >= 15 is 0 Å². The Balaban J connectivity index is 1.88. The van der Waals surface area contributed by atoms with Crippen LogP contribution in [0, 0.1) is 12.8 Å². The third-order valence-electron chi connectivity index (χ3n) is 4.50. The lowest BCUT2D eigenvalue weighted by atomic mass is 10.1. The van der Waals surface area contributed by atoms with Crippen molar-refractivity contribution in [2.45, 2.75) is 31.6 Å². The van der Waals surface area contributed by atoms with E-state index in [0.717, 1.165) is 5.56 Å². The summed E-state index contributed by atoms with van der Waals surface area (Å²) in [6, 6.07) is 3.29. The van der Waals surface area contributed by atoms with Crippen molar-refractivity contribution in [2.24, 2.45) is 5.92 Å². The van der Waals surface area contributed by atoms with E-state index in [1.807, 2.05) is 18.2 Å². The predicted molar refractivity (Wildman–Crippen MR) is 99.6 cm³/mol. The molecule has 26 heavy (non-hydrogen) atoms. The second-order valence-electron chi connectivity index (χ2n) is 6.35. The minimum Gasteiger partial charge on any atom is -0.396 e. The highest BCUT2D eigenvalue weighted by atomic mass is 35.5. The quantitative estimate of drug-likeness (QED) is 0.585. The second-order valence-corrected chi connectivity index (χ2v) is 6.71. The predicted octanol–water partition coefficient (Wildman–Crippen LogP) is 1.52. The molecule has 0 saturated heterocycles. The number of rotatable bonds is 5. The summed E-state index contributed by atoms with van der Waals surface area (Å²) in [7, 11) is 0. The van der Waals surface area contributed by atoms with E-state index in [0.29, 0.717) is 23.6 Å². The number of anilines is 1. The molecule has 1 aliphatic rings. The van der Waals surface area contributed by atoms with Crippen LogP contribution in [0.3, 0.4) is 0 Å². The van der Waals surface area contributed by atoms with Crippen molar-refractivity contribution in [3.05, 3.63) is 46.6 Å². The molecule has 0 amide bonds. The van der Waals surface area contributed by atoms with E-state index in [2.05, 4.69) is 20.3 Å². The maximum atomic E-state index is 10.2. The molecular formula is C18H21ClN4O3. The van der Waals surface area contributed by atoms with E-state index in [1.54, 1.807) is 25.4 Å². The molecule has 4 N–H and O–H groups in total. The Morgan fingerprint density at radius 1 is 1.27 bits per heavy atom. The summed E-state index contributed by atoms with van der Waals surface area (Å²) >= 11 is 6.30. The molecule has 8 heteroatoms. The maximum Gasteiger partial charge on any atom is 0.142 e. The largest absolute Gasteiger partial charge is 0.396 e. The van der Waals surface area contributed by atoms with Crippen molar-refractivity contribution in [1.82, 2.24) is 15.0 Å². The Labute approximate surface area is 156 Å². The number of aliphatic hydroxyl groups excluding tert-OH is 3. The lowest BCUT2D eigenvalue weighted by Gasteiger charge is -2.20. The van der Waals surface area contributed by atoms with Crippen LogP contribution in [-0.2, 0) is 0 Å². The number of halogens is 1. The molecule has 1 saturated carbocycles. The molecule has 0 radical (unpaired) electrons. The highest BCUT2D eigenvalue weighted by Crippen LogP contribution is 2.31. The molecule has 7 nitrogen and oxygen atoms in total. The number of hydrogen-bond acceptors (Lipinski definition) is 7.